The highest BCUT2D eigenvalue weighted by Crippen LogP contribution is 2.12. The highest BCUT2D eigenvalue weighted by Gasteiger charge is 2.06. The number of nitrogens with zero attached hydrogens (tertiary/aromatic N) is 2. The summed E-state index contributed by atoms with van der Waals surface area (Å²) in [7, 11) is 3.87. The molecular formula is C18H26FIN4S. The molecule has 2 rings (SSSR count). The summed E-state index contributed by atoms with van der Waals surface area (Å²) in [4.78, 5) is 6.54. The zero-order valence-corrected chi connectivity index (χ0v) is 18.0. The fourth-order valence-electron chi connectivity index (χ4n) is 2.28. The molecule has 0 aliphatic carbocycles. The molecule has 0 radical (unpaired) electrons. The molecule has 0 aliphatic heterocycles. The van der Waals surface area contributed by atoms with Crippen molar-refractivity contribution >= 4 is 41.3 Å². The van der Waals surface area contributed by atoms with Gasteiger partial charge in [-0.05, 0) is 61.1 Å². The van der Waals surface area contributed by atoms with Crippen LogP contribution in [0.25, 0.3) is 0 Å². The summed E-state index contributed by atoms with van der Waals surface area (Å²) in [5.41, 5.74) is 2.95. The molecule has 0 spiro atoms. The molecular weight excluding hydrogens is 450 g/mol. The number of guanidine groups is 1. The van der Waals surface area contributed by atoms with Crippen LogP contribution in [0, 0.1) is 5.82 Å². The second kappa shape index (κ2) is 11.4. The van der Waals surface area contributed by atoms with Crippen LogP contribution in [-0.4, -0.2) is 31.5 Å². The molecule has 1 heterocycles. The molecule has 0 saturated carbocycles. The molecule has 2 N–H and O–H groups in total. The largest absolute Gasteiger partial charge is 0.357 e. The van der Waals surface area contributed by atoms with Crippen molar-refractivity contribution in [3.8, 4) is 0 Å². The number of aliphatic imine (C=N–C) groups is 1. The predicted molar refractivity (Wildman–Crippen MR) is 115 cm³/mol. The lowest BCUT2D eigenvalue weighted by Crippen LogP contribution is -2.36. The molecule has 0 unspecified atom stereocenters. The molecule has 0 atom stereocenters. The summed E-state index contributed by atoms with van der Waals surface area (Å²) in [6.07, 6.45) is 0. The maximum Gasteiger partial charge on any atom is 0.191 e. The number of thiophene rings is 1. The fraction of sp³-hybridized carbons (Fsp3) is 0.389. The van der Waals surface area contributed by atoms with E-state index >= 15 is 0 Å². The summed E-state index contributed by atoms with van der Waals surface area (Å²) in [5.74, 6) is 0.604. The van der Waals surface area contributed by atoms with Crippen LogP contribution in [0.4, 0.5) is 4.39 Å². The monoisotopic (exact) mass is 476 g/mol. The van der Waals surface area contributed by atoms with Gasteiger partial charge in [0.05, 0.1) is 6.54 Å². The molecule has 1 aromatic heterocycles. The second-order valence-electron chi connectivity index (χ2n) is 5.84. The number of nitrogens with one attached hydrogen (secondary N) is 2. The van der Waals surface area contributed by atoms with Gasteiger partial charge in [-0.3, -0.25) is 0 Å². The predicted octanol–water partition coefficient (Wildman–Crippen LogP) is 3.82. The highest BCUT2D eigenvalue weighted by molar-refractivity contribution is 14.0. The molecule has 0 amide bonds. The smallest absolute Gasteiger partial charge is 0.191 e. The van der Waals surface area contributed by atoms with Crippen LogP contribution in [0.1, 0.15) is 23.6 Å². The van der Waals surface area contributed by atoms with Crippen LogP contribution in [0.15, 0.2) is 40.0 Å². The Balaban J connectivity index is 0.00000312. The topological polar surface area (TPSA) is 39.7 Å². The number of rotatable bonds is 7. The Bertz CT molecular complexity index is 659. The van der Waals surface area contributed by atoms with Crippen LogP contribution in [0.5, 0.6) is 0 Å². The first kappa shape index (κ1) is 21.9. The van der Waals surface area contributed by atoms with E-state index in [4.69, 9.17) is 0 Å². The van der Waals surface area contributed by atoms with Gasteiger partial charge in [-0.15, -0.1) is 24.0 Å². The van der Waals surface area contributed by atoms with E-state index in [1.165, 1.54) is 11.6 Å². The van der Waals surface area contributed by atoms with Gasteiger partial charge < -0.3 is 15.5 Å². The minimum atomic E-state index is -0.162. The SMILES string of the molecule is CCNC(=NCc1ccsc1)NCc1ccc(F)c(CN(C)C)c1.I. The molecule has 25 heavy (non-hydrogen) atoms. The average Bonchev–Trinajstić information content (AvgIpc) is 3.06. The van der Waals surface area contributed by atoms with Crippen LogP contribution in [0.3, 0.4) is 0 Å². The van der Waals surface area contributed by atoms with Crippen molar-refractivity contribution in [2.24, 2.45) is 4.99 Å². The van der Waals surface area contributed by atoms with Crippen molar-refractivity contribution in [3.05, 3.63) is 57.5 Å². The Hall–Kier alpha value is -1.19. The van der Waals surface area contributed by atoms with Crippen LogP contribution in [-0.2, 0) is 19.6 Å². The van der Waals surface area contributed by atoms with E-state index in [9.17, 15) is 4.39 Å². The fourth-order valence-corrected chi connectivity index (χ4v) is 2.94. The van der Waals surface area contributed by atoms with Gasteiger partial charge in [-0.25, -0.2) is 9.38 Å². The summed E-state index contributed by atoms with van der Waals surface area (Å²) in [5, 5.41) is 10.7. The van der Waals surface area contributed by atoms with Crippen LogP contribution < -0.4 is 10.6 Å². The molecule has 2 aromatic rings. The number of benzene rings is 1. The summed E-state index contributed by atoms with van der Waals surface area (Å²) < 4.78 is 13.8. The van der Waals surface area contributed by atoms with Gasteiger partial charge in [0.15, 0.2) is 5.96 Å². The van der Waals surface area contributed by atoms with Gasteiger partial charge in [-0.2, -0.15) is 11.3 Å². The minimum absolute atomic E-state index is 0. The summed E-state index contributed by atoms with van der Waals surface area (Å²) >= 11 is 1.67. The second-order valence-corrected chi connectivity index (χ2v) is 6.62. The Kier molecular flexibility index (Phi) is 9.99. The third-order valence-corrected chi connectivity index (χ3v) is 4.13. The minimum Gasteiger partial charge on any atom is -0.357 e. The lowest BCUT2D eigenvalue weighted by molar-refractivity contribution is 0.392. The lowest BCUT2D eigenvalue weighted by Gasteiger charge is -2.14. The number of halogens is 2. The first-order valence-electron chi connectivity index (χ1n) is 8.03. The molecule has 1 aromatic carbocycles. The quantitative estimate of drug-likeness (QED) is 0.363. The molecule has 7 heteroatoms. The van der Waals surface area contributed by atoms with Gasteiger partial charge in [-0.1, -0.05) is 6.07 Å². The molecule has 0 fully saturated rings. The first-order chi connectivity index (χ1) is 11.6. The Morgan fingerprint density at radius 2 is 2.00 bits per heavy atom. The Morgan fingerprint density at radius 3 is 2.64 bits per heavy atom. The number of hydrogen-bond donors (Lipinski definition) is 2. The van der Waals surface area contributed by atoms with E-state index in [1.54, 1.807) is 11.3 Å². The van der Waals surface area contributed by atoms with Crippen molar-refractivity contribution in [1.29, 1.82) is 0 Å². The molecule has 0 bridgehead atoms. The van der Waals surface area contributed by atoms with Crippen LogP contribution in [0.2, 0.25) is 0 Å². The molecule has 0 saturated heterocycles. The van der Waals surface area contributed by atoms with Crippen molar-refractivity contribution in [2.45, 2.75) is 26.6 Å². The van der Waals surface area contributed by atoms with Gasteiger partial charge in [0.25, 0.3) is 0 Å². The van der Waals surface area contributed by atoms with E-state index in [2.05, 4.69) is 32.5 Å². The van der Waals surface area contributed by atoms with Crippen molar-refractivity contribution < 1.29 is 4.39 Å². The lowest BCUT2D eigenvalue weighted by atomic mass is 10.1. The van der Waals surface area contributed by atoms with E-state index in [1.807, 2.05) is 38.1 Å². The standard InChI is InChI=1S/C18H25FN4S.HI/c1-4-20-18(22-11-15-7-8-24-13-15)21-10-14-5-6-17(19)16(9-14)12-23(2)3;/h5-9,13H,4,10-12H2,1-3H3,(H2,20,21,22);1H. The van der Waals surface area contributed by atoms with Crippen molar-refractivity contribution in [1.82, 2.24) is 15.5 Å². The normalized spacial score (nSPS) is 11.3. The van der Waals surface area contributed by atoms with Gasteiger partial charge in [0.1, 0.15) is 5.82 Å². The maximum absolute atomic E-state index is 13.8. The van der Waals surface area contributed by atoms with Crippen molar-refractivity contribution in [2.75, 3.05) is 20.6 Å². The Morgan fingerprint density at radius 1 is 1.20 bits per heavy atom. The van der Waals surface area contributed by atoms with Gasteiger partial charge in [0, 0.05) is 25.2 Å². The summed E-state index contributed by atoms with van der Waals surface area (Å²) in [6, 6.07) is 7.32. The molecule has 0 aliphatic rings. The first-order valence-corrected chi connectivity index (χ1v) is 8.98. The maximum atomic E-state index is 13.8. The summed E-state index contributed by atoms with van der Waals surface area (Å²) in [6.45, 7) is 4.68. The third-order valence-electron chi connectivity index (χ3n) is 3.40. The van der Waals surface area contributed by atoms with E-state index in [0.29, 0.717) is 25.2 Å². The zero-order valence-electron chi connectivity index (χ0n) is 14.9. The zero-order chi connectivity index (χ0) is 17.4. The highest BCUT2D eigenvalue weighted by atomic mass is 127. The van der Waals surface area contributed by atoms with Crippen LogP contribution >= 0.6 is 35.3 Å². The number of hydrogen-bond acceptors (Lipinski definition) is 3. The van der Waals surface area contributed by atoms with E-state index in [-0.39, 0.29) is 29.8 Å². The third kappa shape index (κ3) is 7.70. The van der Waals surface area contributed by atoms with E-state index in [0.717, 1.165) is 18.1 Å². The van der Waals surface area contributed by atoms with Gasteiger partial charge in [0.2, 0.25) is 0 Å². The molecule has 138 valence electrons. The Labute approximate surface area is 170 Å². The van der Waals surface area contributed by atoms with Crippen molar-refractivity contribution in [3.63, 3.8) is 0 Å². The molecule has 4 nitrogen and oxygen atoms in total. The van der Waals surface area contributed by atoms with Gasteiger partial charge >= 0.3 is 0 Å². The van der Waals surface area contributed by atoms with E-state index < -0.39 is 0 Å². The average molecular weight is 476 g/mol.